The van der Waals surface area contributed by atoms with E-state index in [9.17, 15) is 20.0 Å². The standard InChI is InChI=1S/C20H18N2O4S/c1-26-14-6-2-12(3-7-14)4-9-18(23)22-19-16(11-21)15-8-5-13(20(24)25)10-17(15)27-19/h2-4,6-7,9,13H,5,8,10H2,1H3,(H,22,23)(H,24,25)/b9-4+. The number of benzene rings is 1. The van der Waals surface area contributed by atoms with Crippen molar-refractivity contribution < 1.29 is 19.4 Å². The predicted octanol–water partition coefficient (Wildman–Crippen LogP) is 3.47. The molecule has 0 aliphatic heterocycles. The fourth-order valence-electron chi connectivity index (χ4n) is 3.04. The smallest absolute Gasteiger partial charge is 0.306 e. The van der Waals surface area contributed by atoms with Crippen LogP contribution in [0.1, 0.15) is 28.0 Å². The fraction of sp³-hybridized carbons (Fsp3) is 0.250. The maximum Gasteiger partial charge on any atom is 0.306 e. The number of methoxy groups -OCH3 is 1. The monoisotopic (exact) mass is 382 g/mol. The van der Waals surface area contributed by atoms with Crippen molar-refractivity contribution in [3.63, 3.8) is 0 Å². The highest BCUT2D eigenvalue weighted by atomic mass is 32.1. The minimum Gasteiger partial charge on any atom is -0.497 e. The second-order valence-corrected chi connectivity index (χ2v) is 7.30. The van der Waals surface area contributed by atoms with Crippen LogP contribution in [0.3, 0.4) is 0 Å². The molecule has 0 saturated heterocycles. The summed E-state index contributed by atoms with van der Waals surface area (Å²) in [6.07, 6.45) is 4.54. The number of fused-ring (bicyclic) bond motifs is 1. The maximum atomic E-state index is 12.2. The molecular weight excluding hydrogens is 364 g/mol. The Hall–Kier alpha value is -3.11. The van der Waals surface area contributed by atoms with E-state index in [0.717, 1.165) is 21.8 Å². The molecule has 1 heterocycles. The molecule has 7 heteroatoms. The lowest BCUT2D eigenvalue weighted by atomic mass is 9.87. The largest absolute Gasteiger partial charge is 0.497 e. The van der Waals surface area contributed by atoms with Crippen molar-refractivity contribution >= 4 is 34.3 Å². The van der Waals surface area contributed by atoms with Gasteiger partial charge < -0.3 is 15.2 Å². The van der Waals surface area contributed by atoms with Crippen molar-refractivity contribution in [1.82, 2.24) is 0 Å². The van der Waals surface area contributed by atoms with Gasteiger partial charge in [0.05, 0.1) is 18.6 Å². The first-order valence-corrected chi connectivity index (χ1v) is 9.24. The van der Waals surface area contributed by atoms with Crippen LogP contribution in [0.4, 0.5) is 5.00 Å². The number of nitrogens with one attached hydrogen (secondary N) is 1. The van der Waals surface area contributed by atoms with E-state index < -0.39 is 11.9 Å². The maximum absolute atomic E-state index is 12.2. The van der Waals surface area contributed by atoms with Gasteiger partial charge >= 0.3 is 5.97 Å². The van der Waals surface area contributed by atoms with Crippen molar-refractivity contribution in [2.45, 2.75) is 19.3 Å². The first kappa shape index (κ1) is 18.7. The van der Waals surface area contributed by atoms with Crippen LogP contribution >= 0.6 is 11.3 Å². The molecule has 1 aromatic heterocycles. The molecular formula is C20H18N2O4S. The molecule has 2 N–H and O–H groups in total. The summed E-state index contributed by atoms with van der Waals surface area (Å²) >= 11 is 1.29. The molecule has 27 heavy (non-hydrogen) atoms. The van der Waals surface area contributed by atoms with E-state index in [4.69, 9.17) is 4.74 Å². The van der Waals surface area contributed by atoms with Crippen LogP contribution in [0.2, 0.25) is 0 Å². The molecule has 0 radical (unpaired) electrons. The Kier molecular flexibility index (Phi) is 5.57. The fourth-order valence-corrected chi connectivity index (χ4v) is 4.32. The van der Waals surface area contributed by atoms with Gasteiger partial charge in [-0.25, -0.2) is 0 Å². The Morgan fingerprint density at radius 1 is 1.37 bits per heavy atom. The number of hydrogen-bond donors (Lipinski definition) is 2. The summed E-state index contributed by atoms with van der Waals surface area (Å²) in [7, 11) is 1.59. The van der Waals surface area contributed by atoms with E-state index in [1.807, 2.05) is 12.1 Å². The molecule has 6 nitrogen and oxygen atoms in total. The molecule has 1 amide bonds. The van der Waals surface area contributed by atoms with Gasteiger partial charge in [0.25, 0.3) is 0 Å². The molecule has 1 aromatic carbocycles. The summed E-state index contributed by atoms with van der Waals surface area (Å²) in [6.45, 7) is 0. The van der Waals surface area contributed by atoms with Gasteiger partial charge in [0.2, 0.25) is 5.91 Å². The molecule has 0 spiro atoms. The Morgan fingerprint density at radius 2 is 2.11 bits per heavy atom. The molecule has 138 valence electrons. The van der Waals surface area contributed by atoms with Crippen LogP contribution in [-0.4, -0.2) is 24.1 Å². The molecule has 0 saturated carbocycles. The summed E-state index contributed by atoms with van der Waals surface area (Å²) in [5, 5.41) is 21.9. The summed E-state index contributed by atoms with van der Waals surface area (Å²) < 4.78 is 5.09. The zero-order valence-electron chi connectivity index (χ0n) is 14.7. The van der Waals surface area contributed by atoms with Crippen LogP contribution in [-0.2, 0) is 22.4 Å². The highest BCUT2D eigenvalue weighted by Gasteiger charge is 2.29. The Bertz CT molecular complexity index is 938. The lowest BCUT2D eigenvalue weighted by Gasteiger charge is -2.17. The highest BCUT2D eigenvalue weighted by Crippen LogP contribution is 2.39. The molecule has 1 aliphatic carbocycles. The van der Waals surface area contributed by atoms with Gasteiger partial charge in [-0.2, -0.15) is 5.26 Å². The number of anilines is 1. The van der Waals surface area contributed by atoms with E-state index in [1.54, 1.807) is 25.3 Å². The van der Waals surface area contributed by atoms with Crippen molar-refractivity contribution in [1.29, 1.82) is 5.26 Å². The van der Waals surface area contributed by atoms with Gasteiger partial charge in [0, 0.05) is 11.0 Å². The zero-order chi connectivity index (χ0) is 19.4. The van der Waals surface area contributed by atoms with Gasteiger partial charge in [-0.05, 0) is 48.6 Å². The van der Waals surface area contributed by atoms with E-state index in [2.05, 4.69) is 11.4 Å². The summed E-state index contributed by atoms with van der Waals surface area (Å²) in [5.74, 6) is -0.850. The van der Waals surface area contributed by atoms with Crippen LogP contribution in [0.25, 0.3) is 6.08 Å². The van der Waals surface area contributed by atoms with Crippen LogP contribution in [0.15, 0.2) is 30.3 Å². The highest BCUT2D eigenvalue weighted by molar-refractivity contribution is 7.16. The second-order valence-electron chi connectivity index (χ2n) is 6.19. The van der Waals surface area contributed by atoms with Crippen molar-refractivity contribution in [3.05, 3.63) is 51.9 Å². The van der Waals surface area contributed by atoms with Crippen molar-refractivity contribution in [2.24, 2.45) is 5.92 Å². The summed E-state index contributed by atoms with van der Waals surface area (Å²) in [5.41, 5.74) is 2.17. The lowest BCUT2D eigenvalue weighted by molar-refractivity contribution is -0.142. The minimum absolute atomic E-state index is 0.337. The molecule has 2 aromatic rings. The number of thiophene rings is 1. The van der Waals surface area contributed by atoms with Crippen LogP contribution < -0.4 is 10.1 Å². The number of carbonyl (C=O) groups is 2. The van der Waals surface area contributed by atoms with Crippen molar-refractivity contribution in [2.75, 3.05) is 12.4 Å². The predicted molar refractivity (Wildman–Crippen MR) is 103 cm³/mol. The molecule has 0 bridgehead atoms. The summed E-state index contributed by atoms with van der Waals surface area (Å²) in [6, 6.07) is 9.42. The van der Waals surface area contributed by atoms with Gasteiger partial charge in [0.1, 0.15) is 16.8 Å². The third-order valence-corrected chi connectivity index (χ3v) is 5.68. The number of amides is 1. The van der Waals surface area contributed by atoms with E-state index in [1.165, 1.54) is 17.4 Å². The quantitative estimate of drug-likeness (QED) is 0.772. The van der Waals surface area contributed by atoms with E-state index >= 15 is 0 Å². The van der Waals surface area contributed by atoms with Gasteiger partial charge in [0.15, 0.2) is 0 Å². The molecule has 3 rings (SSSR count). The van der Waals surface area contributed by atoms with Gasteiger partial charge in [-0.1, -0.05) is 12.1 Å². The van der Waals surface area contributed by atoms with Crippen LogP contribution in [0, 0.1) is 17.2 Å². The molecule has 0 fully saturated rings. The Morgan fingerprint density at radius 3 is 2.74 bits per heavy atom. The number of nitriles is 1. The third kappa shape index (κ3) is 4.18. The Balaban J connectivity index is 1.73. The average molecular weight is 382 g/mol. The zero-order valence-corrected chi connectivity index (χ0v) is 15.5. The number of nitrogens with zero attached hydrogens (tertiary/aromatic N) is 1. The number of hydrogen-bond acceptors (Lipinski definition) is 5. The molecule has 1 atom stereocenters. The minimum atomic E-state index is -0.819. The number of carboxylic acid groups (broad SMARTS) is 1. The topological polar surface area (TPSA) is 99.4 Å². The number of rotatable bonds is 5. The lowest BCUT2D eigenvalue weighted by Crippen LogP contribution is -2.21. The number of carbonyl (C=O) groups excluding carboxylic acids is 1. The first-order valence-electron chi connectivity index (χ1n) is 8.42. The normalized spacial score (nSPS) is 15.8. The second kappa shape index (κ2) is 8.06. The Labute approximate surface area is 160 Å². The van der Waals surface area contributed by atoms with Crippen LogP contribution in [0.5, 0.6) is 5.75 Å². The number of carboxylic acids is 1. The number of ether oxygens (including phenoxy) is 1. The van der Waals surface area contributed by atoms with Gasteiger partial charge in [-0.3, -0.25) is 9.59 Å². The van der Waals surface area contributed by atoms with E-state index in [0.29, 0.717) is 29.8 Å². The third-order valence-electron chi connectivity index (χ3n) is 4.51. The van der Waals surface area contributed by atoms with Gasteiger partial charge in [-0.15, -0.1) is 11.3 Å². The average Bonchev–Trinajstić information content (AvgIpc) is 3.02. The van der Waals surface area contributed by atoms with Crippen molar-refractivity contribution in [3.8, 4) is 11.8 Å². The first-order chi connectivity index (χ1) is 13.0. The summed E-state index contributed by atoms with van der Waals surface area (Å²) in [4.78, 5) is 24.3. The molecule has 1 unspecified atom stereocenters. The molecule has 1 aliphatic rings. The van der Waals surface area contributed by atoms with E-state index in [-0.39, 0.29) is 5.91 Å². The number of aliphatic carboxylic acids is 1. The SMILES string of the molecule is COc1ccc(/C=C/C(=O)Nc2sc3c(c2C#N)CCC(C(=O)O)C3)cc1.